The summed E-state index contributed by atoms with van der Waals surface area (Å²) in [6, 6.07) is 5.16. The maximum atomic E-state index is 6.24. The van der Waals surface area contributed by atoms with E-state index in [0.717, 1.165) is 19.6 Å². The number of nitrogens with two attached hydrogens (primary N) is 1. The van der Waals surface area contributed by atoms with Crippen LogP contribution in [0, 0.1) is 0 Å². The van der Waals surface area contributed by atoms with Crippen LogP contribution >= 0.6 is 0 Å². The zero-order valence-electron chi connectivity index (χ0n) is 12.3. The molecule has 2 N–H and O–H groups in total. The molecule has 1 aromatic heterocycles. The van der Waals surface area contributed by atoms with Crippen LogP contribution in [-0.4, -0.2) is 53.5 Å². The fourth-order valence-corrected chi connectivity index (χ4v) is 3.06. The number of likely N-dealkylation sites (N-methyl/N-ethyl adjacent to an activating group) is 1. The molecule has 4 heteroatoms. The second-order valence-electron chi connectivity index (χ2n) is 5.63. The third-order valence-electron chi connectivity index (χ3n) is 4.20. The van der Waals surface area contributed by atoms with Gasteiger partial charge in [0.2, 0.25) is 0 Å². The van der Waals surface area contributed by atoms with Crippen molar-refractivity contribution in [2.45, 2.75) is 38.4 Å². The van der Waals surface area contributed by atoms with E-state index in [9.17, 15) is 0 Å². The molecule has 1 saturated heterocycles. The molecule has 0 bridgehead atoms. The van der Waals surface area contributed by atoms with E-state index in [4.69, 9.17) is 5.73 Å². The first-order valence-electron chi connectivity index (χ1n) is 7.23. The maximum absolute atomic E-state index is 6.24. The highest BCUT2D eigenvalue weighted by atomic mass is 15.3. The SMILES string of the molecule is CCC1CN(C(c2cccnc2)C(C)N)CCN1C. The van der Waals surface area contributed by atoms with Crippen molar-refractivity contribution in [2.24, 2.45) is 5.73 Å². The summed E-state index contributed by atoms with van der Waals surface area (Å²) in [5.41, 5.74) is 7.47. The monoisotopic (exact) mass is 262 g/mol. The summed E-state index contributed by atoms with van der Waals surface area (Å²) in [6.07, 6.45) is 4.96. The molecule has 3 unspecified atom stereocenters. The average molecular weight is 262 g/mol. The van der Waals surface area contributed by atoms with Gasteiger partial charge in [-0.05, 0) is 32.0 Å². The zero-order valence-corrected chi connectivity index (χ0v) is 12.3. The highest BCUT2D eigenvalue weighted by Crippen LogP contribution is 2.26. The lowest BCUT2D eigenvalue weighted by atomic mass is 9.98. The molecule has 1 aliphatic heterocycles. The number of hydrogen-bond acceptors (Lipinski definition) is 4. The van der Waals surface area contributed by atoms with E-state index in [-0.39, 0.29) is 12.1 Å². The van der Waals surface area contributed by atoms with Crippen molar-refractivity contribution in [3.63, 3.8) is 0 Å². The van der Waals surface area contributed by atoms with Crippen LogP contribution < -0.4 is 5.73 Å². The Labute approximate surface area is 116 Å². The highest BCUT2D eigenvalue weighted by molar-refractivity contribution is 5.16. The van der Waals surface area contributed by atoms with Crippen molar-refractivity contribution in [1.29, 1.82) is 0 Å². The van der Waals surface area contributed by atoms with Gasteiger partial charge in [-0.15, -0.1) is 0 Å². The minimum Gasteiger partial charge on any atom is -0.326 e. The summed E-state index contributed by atoms with van der Waals surface area (Å²) < 4.78 is 0. The normalized spacial score (nSPS) is 25.2. The van der Waals surface area contributed by atoms with Crippen molar-refractivity contribution in [3.8, 4) is 0 Å². The van der Waals surface area contributed by atoms with Gasteiger partial charge in [0.15, 0.2) is 0 Å². The first kappa shape index (κ1) is 14.4. The number of rotatable bonds is 4. The smallest absolute Gasteiger partial charge is 0.0512 e. The van der Waals surface area contributed by atoms with E-state index >= 15 is 0 Å². The van der Waals surface area contributed by atoms with Gasteiger partial charge in [0, 0.05) is 44.1 Å². The quantitative estimate of drug-likeness (QED) is 0.893. The van der Waals surface area contributed by atoms with Gasteiger partial charge < -0.3 is 10.6 Å². The number of hydrogen-bond donors (Lipinski definition) is 1. The zero-order chi connectivity index (χ0) is 13.8. The minimum atomic E-state index is 0.116. The highest BCUT2D eigenvalue weighted by Gasteiger charge is 2.30. The van der Waals surface area contributed by atoms with Crippen LogP contribution in [0.4, 0.5) is 0 Å². The molecule has 3 atom stereocenters. The molecule has 2 rings (SSSR count). The fraction of sp³-hybridized carbons (Fsp3) is 0.667. The first-order chi connectivity index (χ1) is 9.13. The molecule has 0 spiro atoms. The van der Waals surface area contributed by atoms with E-state index < -0.39 is 0 Å². The Bertz CT molecular complexity index is 379. The van der Waals surface area contributed by atoms with E-state index in [1.165, 1.54) is 12.0 Å². The number of piperazine rings is 1. The molecule has 4 nitrogen and oxygen atoms in total. The molecular formula is C15H26N4. The Morgan fingerprint density at radius 1 is 1.47 bits per heavy atom. The first-order valence-corrected chi connectivity index (χ1v) is 7.23. The summed E-state index contributed by atoms with van der Waals surface area (Å²) in [7, 11) is 2.22. The molecule has 0 aromatic carbocycles. The third kappa shape index (κ3) is 3.32. The van der Waals surface area contributed by atoms with E-state index in [1.807, 2.05) is 18.5 Å². The molecule has 106 valence electrons. The Balaban J connectivity index is 2.16. The van der Waals surface area contributed by atoms with Crippen LogP contribution in [0.25, 0.3) is 0 Å². The molecular weight excluding hydrogens is 236 g/mol. The van der Waals surface area contributed by atoms with Gasteiger partial charge in [-0.25, -0.2) is 0 Å². The lowest BCUT2D eigenvalue weighted by molar-refractivity contribution is 0.0548. The summed E-state index contributed by atoms with van der Waals surface area (Å²) in [5.74, 6) is 0. The second-order valence-corrected chi connectivity index (χ2v) is 5.63. The summed E-state index contributed by atoms with van der Waals surface area (Å²) >= 11 is 0. The van der Waals surface area contributed by atoms with Gasteiger partial charge in [-0.2, -0.15) is 0 Å². The molecule has 0 saturated carbocycles. The van der Waals surface area contributed by atoms with E-state index in [1.54, 1.807) is 0 Å². The third-order valence-corrected chi connectivity index (χ3v) is 4.20. The largest absolute Gasteiger partial charge is 0.326 e. The molecule has 0 aliphatic carbocycles. The second kappa shape index (κ2) is 6.46. The van der Waals surface area contributed by atoms with Gasteiger partial charge >= 0.3 is 0 Å². The lowest BCUT2D eigenvalue weighted by Crippen LogP contribution is -2.54. The van der Waals surface area contributed by atoms with E-state index in [0.29, 0.717) is 6.04 Å². The van der Waals surface area contributed by atoms with Crippen LogP contribution in [0.3, 0.4) is 0 Å². The van der Waals surface area contributed by atoms with Crippen molar-refractivity contribution in [1.82, 2.24) is 14.8 Å². The van der Waals surface area contributed by atoms with Crippen molar-refractivity contribution in [2.75, 3.05) is 26.7 Å². The predicted molar refractivity (Wildman–Crippen MR) is 78.9 cm³/mol. The summed E-state index contributed by atoms with van der Waals surface area (Å²) in [4.78, 5) is 9.22. The molecule has 1 aliphatic rings. The van der Waals surface area contributed by atoms with Crippen LogP contribution in [0.15, 0.2) is 24.5 Å². The predicted octanol–water partition coefficient (Wildman–Crippen LogP) is 1.50. The fourth-order valence-electron chi connectivity index (χ4n) is 3.06. The topological polar surface area (TPSA) is 45.4 Å². The number of nitrogens with zero attached hydrogens (tertiary/aromatic N) is 3. The van der Waals surface area contributed by atoms with Crippen LogP contribution in [0.1, 0.15) is 31.9 Å². The summed E-state index contributed by atoms with van der Waals surface area (Å²) in [6.45, 7) is 7.64. The molecule has 0 amide bonds. The van der Waals surface area contributed by atoms with Crippen molar-refractivity contribution in [3.05, 3.63) is 30.1 Å². The standard InChI is InChI=1S/C15H26N4/c1-4-14-11-19(9-8-18(14)3)15(12(2)16)13-6-5-7-17-10-13/h5-7,10,12,14-15H,4,8-9,11,16H2,1-3H3. The van der Waals surface area contributed by atoms with Gasteiger partial charge in [-0.1, -0.05) is 13.0 Å². The van der Waals surface area contributed by atoms with Gasteiger partial charge in [0.05, 0.1) is 6.04 Å². The molecule has 1 fully saturated rings. The van der Waals surface area contributed by atoms with Crippen molar-refractivity contribution >= 4 is 0 Å². The molecule has 0 radical (unpaired) electrons. The van der Waals surface area contributed by atoms with Gasteiger partial charge in [-0.3, -0.25) is 9.88 Å². The molecule has 1 aromatic rings. The van der Waals surface area contributed by atoms with Gasteiger partial charge in [0.25, 0.3) is 0 Å². The Morgan fingerprint density at radius 2 is 2.26 bits per heavy atom. The van der Waals surface area contributed by atoms with Crippen molar-refractivity contribution < 1.29 is 0 Å². The summed E-state index contributed by atoms with van der Waals surface area (Å²) in [5, 5.41) is 0. The van der Waals surface area contributed by atoms with Crippen LogP contribution in [-0.2, 0) is 0 Å². The average Bonchev–Trinajstić information content (AvgIpc) is 2.41. The Hall–Kier alpha value is -0.970. The van der Waals surface area contributed by atoms with Gasteiger partial charge in [0.1, 0.15) is 0 Å². The Morgan fingerprint density at radius 3 is 2.84 bits per heavy atom. The molecule has 2 heterocycles. The molecule has 19 heavy (non-hydrogen) atoms. The minimum absolute atomic E-state index is 0.116. The van der Waals surface area contributed by atoms with Crippen LogP contribution in [0.5, 0.6) is 0 Å². The number of pyridine rings is 1. The maximum Gasteiger partial charge on any atom is 0.0512 e. The van der Waals surface area contributed by atoms with Crippen LogP contribution in [0.2, 0.25) is 0 Å². The lowest BCUT2D eigenvalue weighted by Gasteiger charge is -2.44. The number of aromatic nitrogens is 1. The Kier molecular flexibility index (Phi) is 4.91. The van der Waals surface area contributed by atoms with E-state index in [2.05, 4.69) is 41.7 Å².